The van der Waals surface area contributed by atoms with Gasteiger partial charge in [0.25, 0.3) is 0 Å². The van der Waals surface area contributed by atoms with E-state index >= 15 is 0 Å². The highest BCUT2D eigenvalue weighted by atomic mass is 35.5. The molecule has 0 atom stereocenters. The van der Waals surface area contributed by atoms with Crippen LogP contribution in [-0.4, -0.2) is 32.4 Å². The molecule has 2 aromatic carbocycles. The Morgan fingerprint density at radius 1 is 1.14 bits per heavy atom. The molecular weight excluding hydrogens is 535 g/mol. The van der Waals surface area contributed by atoms with Crippen LogP contribution in [0.25, 0.3) is 21.5 Å². The predicted molar refractivity (Wildman–Crippen MR) is 141 cm³/mol. The Labute approximate surface area is 227 Å². The van der Waals surface area contributed by atoms with E-state index in [-0.39, 0.29) is 11.7 Å². The van der Waals surface area contributed by atoms with Crippen molar-refractivity contribution in [3.8, 4) is 11.3 Å². The quantitative estimate of drug-likeness (QED) is 0.247. The number of aliphatic hydroxyl groups is 1. The van der Waals surface area contributed by atoms with E-state index in [4.69, 9.17) is 32.5 Å². The first-order chi connectivity index (χ1) is 17.8. The summed E-state index contributed by atoms with van der Waals surface area (Å²) in [5, 5.41) is 26.6. The van der Waals surface area contributed by atoms with Crippen LogP contribution in [0.4, 0.5) is 0 Å². The van der Waals surface area contributed by atoms with Crippen molar-refractivity contribution in [1.82, 2.24) is 10.1 Å². The number of carboxylic acids is 1. The van der Waals surface area contributed by atoms with Crippen LogP contribution in [0, 0.1) is 0 Å². The van der Waals surface area contributed by atoms with Crippen molar-refractivity contribution in [1.29, 1.82) is 0 Å². The molecular formula is C27H24Cl2N2O5S. The first-order valence-electron chi connectivity index (χ1n) is 12.2. The lowest BCUT2D eigenvalue weighted by Crippen LogP contribution is -2.34. The smallest absolute Gasteiger partial charge is 0.335 e. The Hall–Kier alpha value is -2.49. The molecule has 0 saturated heterocycles. The van der Waals surface area contributed by atoms with Gasteiger partial charge in [0, 0.05) is 17.0 Å². The SMILES string of the molecule is O=C(O)c1ccc2sc([C@]3(O)CC[C@H](OCc4c(-c5c(Cl)cccc5Cl)noc4C4CC4)CC3)nc2c1. The van der Waals surface area contributed by atoms with Crippen LogP contribution in [0.3, 0.4) is 0 Å². The molecule has 2 aliphatic rings. The van der Waals surface area contributed by atoms with Crippen molar-refractivity contribution < 1.29 is 24.3 Å². The van der Waals surface area contributed by atoms with E-state index in [1.165, 1.54) is 11.3 Å². The fourth-order valence-corrected chi connectivity index (χ4v) is 6.63. The lowest BCUT2D eigenvalue weighted by molar-refractivity contribution is -0.0640. The first kappa shape index (κ1) is 24.8. The van der Waals surface area contributed by atoms with Gasteiger partial charge in [-0.2, -0.15) is 0 Å². The zero-order valence-corrected chi connectivity index (χ0v) is 22.1. The third kappa shape index (κ3) is 4.77. The van der Waals surface area contributed by atoms with Gasteiger partial charge in [-0.15, -0.1) is 11.3 Å². The second kappa shape index (κ2) is 9.67. The van der Waals surface area contributed by atoms with Crippen LogP contribution in [-0.2, 0) is 16.9 Å². The molecule has 6 rings (SSSR count). The van der Waals surface area contributed by atoms with Crippen molar-refractivity contribution in [2.45, 2.75) is 62.8 Å². The summed E-state index contributed by atoms with van der Waals surface area (Å²) in [5.74, 6) is 0.192. The van der Waals surface area contributed by atoms with Crippen molar-refractivity contribution in [3.05, 3.63) is 68.3 Å². The van der Waals surface area contributed by atoms with Crippen molar-refractivity contribution in [3.63, 3.8) is 0 Å². The number of carboxylic acid groups (broad SMARTS) is 1. The monoisotopic (exact) mass is 558 g/mol. The number of halogens is 2. The molecule has 0 radical (unpaired) electrons. The van der Waals surface area contributed by atoms with Gasteiger partial charge in [-0.25, -0.2) is 9.78 Å². The van der Waals surface area contributed by atoms with E-state index < -0.39 is 11.6 Å². The highest BCUT2D eigenvalue weighted by Crippen LogP contribution is 2.47. The average molecular weight is 559 g/mol. The fraction of sp³-hybridized carbons (Fsp3) is 0.370. The number of fused-ring (bicyclic) bond motifs is 1. The number of hydrogen-bond acceptors (Lipinski definition) is 7. The van der Waals surface area contributed by atoms with Crippen LogP contribution in [0.1, 0.15) is 71.1 Å². The van der Waals surface area contributed by atoms with Gasteiger partial charge in [-0.05, 0) is 68.9 Å². The summed E-state index contributed by atoms with van der Waals surface area (Å²) in [6.45, 7) is 0.328. The summed E-state index contributed by atoms with van der Waals surface area (Å²) in [6, 6.07) is 10.2. The number of carbonyl (C=O) groups is 1. The highest BCUT2D eigenvalue weighted by molar-refractivity contribution is 7.18. The van der Waals surface area contributed by atoms with Crippen molar-refractivity contribution in [2.75, 3.05) is 0 Å². The van der Waals surface area contributed by atoms with Gasteiger partial charge in [0.05, 0.1) is 38.5 Å². The second-order valence-corrected chi connectivity index (χ2v) is 11.6. The Bertz CT molecular complexity index is 1470. The zero-order valence-electron chi connectivity index (χ0n) is 19.7. The van der Waals surface area contributed by atoms with Crippen LogP contribution < -0.4 is 0 Å². The minimum atomic E-state index is -1.06. The molecule has 0 aliphatic heterocycles. The summed E-state index contributed by atoms with van der Waals surface area (Å²) in [5.41, 5.74) is 1.89. The van der Waals surface area contributed by atoms with Gasteiger partial charge < -0.3 is 19.5 Å². The molecule has 2 heterocycles. The third-order valence-corrected chi connectivity index (χ3v) is 9.08. The molecule has 0 spiro atoms. The van der Waals surface area contributed by atoms with E-state index in [0.717, 1.165) is 28.9 Å². The number of aromatic carboxylic acids is 1. The van der Waals surface area contributed by atoms with Crippen molar-refractivity contribution >= 4 is 50.7 Å². The van der Waals surface area contributed by atoms with E-state index in [9.17, 15) is 15.0 Å². The molecule has 7 nitrogen and oxygen atoms in total. The van der Waals surface area contributed by atoms with Crippen LogP contribution >= 0.6 is 34.5 Å². The molecule has 2 aromatic heterocycles. The molecule has 10 heteroatoms. The first-order valence-corrected chi connectivity index (χ1v) is 13.8. The number of rotatable bonds is 7. The number of nitrogens with zero attached hydrogens (tertiary/aromatic N) is 2. The normalized spacial score (nSPS) is 22.0. The van der Waals surface area contributed by atoms with Crippen LogP contribution in [0.15, 0.2) is 40.9 Å². The number of benzene rings is 2. The third-order valence-electron chi connectivity index (χ3n) is 7.22. The Morgan fingerprint density at radius 3 is 2.54 bits per heavy atom. The van der Waals surface area contributed by atoms with E-state index in [1.807, 2.05) is 0 Å². The van der Waals surface area contributed by atoms with E-state index in [1.54, 1.807) is 36.4 Å². The summed E-state index contributed by atoms with van der Waals surface area (Å²) in [7, 11) is 0. The number of aromatic nitrogens is 2. The highest BCUT2D eigenvalue weighted by Gasteiger charge is 2.39. The molecule has 37 heavy (non-hydrogen) atoms. The minimum absolute atomic E-state index is 0.0372. The van der Waals surface area contributed by atoms with Gasteiger partial charge in [0.1, 0.15) is 22.1 Å². The van der Waals surface area contributed by atoms with Gasteiger partial charge in [-0.3, -0.25) is 0 Å². The predicted octanol–water partition coefficient (Wildman–Crippen LogP) is 7.18. The average Bonchev–Trinajstić information content (AvgIpc) is 3.49. The minimum Gasteiger partial charge on any atom is -0.478 e. The topological polar surface area (TPSA) is 106 Å². The summed E-state index contributed by atoms with van der Waals surface area (Å²) < 4.78 is 12.9. The molecule has 0 bridgehead atoms. The standard InChI is InChI=1S/C27H24Cl2N2O5S/c28-18-2-1-3-19(29)22(18)23-17(24(36-31-23)14-4-5-14)13-35-16-8-10-27(34,11-9-16)26-30-20-12-15(25(32)33)6-7-21(20)37-26/h1-3,6-7,12,14,16,34H,4-5,8-11,13H2,(H,32,33)/t16-,27-. The molecule has 0 unspecified atom stereocenters. The Kier molecular flexibility index (Phi) is 6.49. The fourth-order valence-electron chi connectivity index (χ4n) is 4.96. The number of thiazole rings is 1. The number of ether oxygens (including phenoxy) is 1. The maximum atomic E-state index is 11.4. The maximum absolute atomic E-state index is 11.4. The summed E-state index contributed by atoms with van der Waals surface area (Å²) in [6.07, 6.45) is 4.43. The molecule has 4 aromatic rings. The molecule has 2 aliphatic carbocycles. The Morgan fingerprint density at radius 2 is 1.86 bits per heavy atom. The van der Waals surface area contributed by atoms with E-state index in [0.29, 0.717) is 70.0 Å². The lowest BCUT2D eigenvalue weighted by atomic mass is 9.83. The lowest BCUT2D eigenvalue weighted by Gasteiger charge is -2.34. The summed E-state index contributed by atoms with van der Waals surface area (Å²) >= 11 is 14.3. The van der Waals surface area contributed by atoms with Crippen molar-refractivity contribution in [2.24, 2.45) is 0 Å². The molecule has 2 fully saturated rings. The molecule has 2 N–H and O–H groups in total. The number of hydrogen-bond donors (Lipinski definition) is 2. The second-order valence-electron chi connectivity index (χ2n) is 9.79. The van der Waals surface area contributed by atoms with Gasteiger partial charge in [-0.1, -0.05) is 34.4 Å². The van der Waals surface area contributed by atoms with Gasteiger partial charge in [0.2, 0.25) is 0 Å². The maximum Gasteiger partial charge on any atom is 0.335 e. The molecule has 0 amide bonds. The molecule has 2 saturated carbocycles. The van der Waals surface area contributed by atoms with Crippen LogP contribution in [0.5, 0.6) is 0 Å². The van der Waals surface area contributed by atoms with Gasteiger partial charge in [0.15, 0.2) is 0 Å². The zero-order chi connectivity index (χ0) is 25.7. The largest absolute Gasteiger partial charge is 0.478 e. The van der Waals surface area contributed by atoms with Crippen LogP contribution in [0.2, 0.25) is 10.0 Å². The van der Waals surface area contributed by atoms with Gasteiger partial charge >= 0.3 is 5.97 Å². The molecule has 192 valence electrons. The Balaban J connectivity index is 1.17. The van der Waals surface area contributed by atoms with E-state index in [2.05, 4.69) is 10.1 Å². The summed E-state index contributed by atoms with van der Waals surface area (Å²) in [4.78, 5) is 15.9.